The van der Waals surface area contributed by atoms with Crippen LogP contribution in [-0.2, 0) is 0 Å². The second-order valence-electron chi connectivity index (χ2n) is 8.45. The molecule has 0 amide bonds. The molecule has 0 aromatic heterocycles. The van der Waals surface area contributed by atoms with Crippen LogP contribution in [0.1, 0.15) is 42.6 Å². The number of alkyl halides is 1. The van der Waals surface area contributed by atoms with Gasteiger partial charge in [-0.25, -0.2) is 9.18 Å². The third-order valence-corrected chi connectivity index (χ3v) is 5.35. The highest BCUT2D eigenvalue weighted by molar-refractivity contribution is 5.88. The van der Waals surface area contributed by atoms with Gasteiger partial charge >= 0.3 is 5.97 Å². The Morgan fingerprint density at radius 1 is 1.20 bits per heavy atom. The summed E-state index contributed by atoms with van der Waals surface area (Å²) in [4.78, 5) is 13.2. The number of nitriles is 1. The maximum absolute atomic E-state index is 13.8. The molecule has 158 valence electrons. The van der Waals surface area contributed by atoms with Gasteiger partial charge in [0, 0.05) is 6.54 Å². The van der Waals surface area contributed by atoms with Crippen LogP contribution in [0.4, 0.5) is 4.39 Å². The Labute approximate surface area is 176 Å². The van der Waals surface area contributed by atoms with Gasteiger partial charge < -0.3 is 14.7 Å². The lowest BCUT2D eigenvalue weighted by molar-refractivity contribution is 0.0696. The molecule has 30 heavy (non-hydrogen) atoms. The molecule has 5 nitrogen and oxygen atoms in total. The van der Waals surface area contributed by atoms with Crippen molar-refractivity contribution >= 4 is 5.97 Å². The van der Waals surface area contributed by atoms with E-state index in [0.29, 0.717) is 30.4 Å². The lowest BCUT2D eigenvalue weighted by atomic mass is 9.96. The fraction of sp³-hybridized carbons (Fsp3) is 0.417. The lowest BCUT2D eigenvalue weighted by Gasteiger charge is -2.34. The molecule has 0 bridgehead atoms. The van der Waals surface area contributed by atoms with Crippen molar-refractivity contribution in [2.75, 3.05) is 26.2 Å². The van der Waals surface area contributed by atoms with Crippen molar-refractivity contribution in [1.29, 1.82) is 5.26 Å². The maximum Gasteiger partial charge on any atom is 0.335 e. The minimum absolute atomic E-state index is 0.223. The quantitative estimate of drug-likeness (QED) is 0.712. The number of benzene rings is 2. The molecule has 1 aliphatic heterocycles. The van der Waals surface area contributed by atoms with Gasteiger partial charge in [-0.15, -0.1) is 0 Å². The summed E-state index contributed by atoms with van der Waals surface area (Å²) in [5, 5.41) is 18.6. The van der Waals surface area contributed by atoms with E-state index in [1.165, 1.54) is 0 Å². The first-order valence-electron chi connectivity index (χ1n) is 10.2. The molecule has 1 fully saturated rings. The number of ether oxygens (including phenoxy) is 1. The predicted molar refractivity (Wildman–Crippen MR) is 113 cm³/mol. The average molecular weight is 410 g/mol. The van der Waals surface area contributed by atoms with Crippen LogP contribution < -0.4 is 4.74 Å². The Hall–Kier alpha value is -2.91. The summed E-state index contributed by atoms with van der Waals surface area (Å²) in [5.74, 6) is -0.0308. The first-order chi connectivity index (χ1) is 14.2. The summed E-state index contributed by atoms with van der Waals surface area (Å²) < 4.78 is 19.8. The summed E-state index contributed by atoms with van der Waals surface area (Å²) in [7, 11) is 0. The van der Waals surface area contributed by atoms with Gasteiger partial charge in [0.2, 0.25) is 0 Å². The number of carbonyl (C=O) groups is 1. The fourth-order valence-corrected chi connectivity index (χ4v) is 3.78. The van der Waals surface area contributed by atoms with E-state index in [0.717, 1.165) is 37.1 Å². The standard InChI is InChI=1S/C24H27FN2O3/c1-24(2,25)16-27-11-9-17(10-12-27)15-30-22-8-7-20(13-21(22)14-26)18-3-5-19(6-4-18)23(28)29/h3-8,13,17H,9-12,15-16H2,1-2H3,(H,28,29). The van der Waals surface area contributed by atoms with Crippen LogP contribution >= 0.6 is 0 Å². The highest BCUT2D eigenvalue weighted by Crippen LogP contribution is 2.28. The van der Waals surface area contributed by atoms with Crippen LogP contribution in [0, 0.1) is 17.2 Å². The monoisotopic (exact) mass is 410 g/mol. The van der Waals surface area contributed by atoms with Crippen molar-refractivity contribution in [1.82, 2.24) is 4.90 Å². The molecule has 6 heteroatoms. The topological polar surface area (TPSA) is 73.6 Å². The first kappa shape index (κ1) is 21.8. The first-order valence-corrected chi connectivity index (χ1v) is 10.2. The molecular formula is C24H27FN2O3. The number of rotatable bonds is 7. The summed E-state index contributed by atoms with van der Waals surface area (Å²) in [6.45, 7) is 5.92. The van der Waals surface area contributed by atoms with Crippen LogP contribution in [0.5, 0.6) is 5.75 Å². The molecule has 0 atom stereocenters. The highest BCUT2D eigenvalue weighted by Gasteiger charge is 2.25. The molecule has 3 rings (SSSR count). The summed E-state index contributed by atoms with van der Waals surface area (Å²) in [5.41, 5.74) is 1.16. The van der Waals surface area contributed by atoms with E-state index in [2.05, 4.69) is 11.0 Å². The molecule has 1 aliphatic rings. The van der Waals surface area contributed by atoms with E-state index in [4.69, 9.17) is 9.84 Å². The second kappa shape index (κ2) is 9.27. The third kappa shape index (κ3) is 5.80. The lowest BCUT2D eigenvalue weighted by Crippen LogP contribution is -2.41. The molecular weight excluding hydrogens is 383 g/mol. The van der Waals surface area contributed by atoms with Gasteiger partial charge in [0.25, 0.3) is 0 Å². The van der Waals surface area contributed by atoms with E-state index in [-0.39, 0.29) is 5.56 Å². The van der Waals surface area contributed by atoms with Gasteiger partial charge in [-0.1, -0.05) is 18.2 Å². The Morgan fingerprint density at radius 2 is 1.83 bits per heavy atom. The van der Waals surface area contributed by atoms with Gasteiger partial charge in [-0.3, -0.25) is 0 Å². The number of carboxylic acid groups (broad SMARTS) is 1. The van der Waals surface area contributed by atoms with Gasteiger partial charge in [0.15, 0.2) is 0 Å². The van der Waals surface area contributed by atoms with Crippen molar-refractivity contribution < 1.29 is 19.0 Å². The number of aromatic carboxylic acids is 1. The molecule has 1 heterocycles. The van der Waals surface area contributed by atoms with Gasteiger partial charge in [-0.05, 0) is 81.1 Å². The fourth-order valence-electron chi connectivity index (χ4n) is 3.78. The molecule has 1 N–H and O–H groups in total. The largest absolute Gasteiger partial charge is 0.492 e. The summed E-state index contributed by atoms with van der Waals surface area (Å²) in [6.07, 6.45) is 1.90. The highest BCUT2D eigenvalue weighted by atomic mass is 19.1. The van der Waals surface area contributed by atoms with Crippen molar-refractivity contribution in [3.63, 3.8) is 0 Å². The van der Waals surface area contributed by atoms with Crippen molar-refractivity contribution in [2.24, 2.45) is 5.92 Å². The molecule has 0 radical (unpaired) electrons. The summed E-state index contributed by atoms with van der Waals surface area (Å²) in [6, 6.07) is 14.2. The smallest absolute Gasteiger partial charge is 0.335 e. The molecule has 2 aromatic carbocycles. The number of hydrogen-bond acceptors (Lipinski definition) is 4. The number of nitrogens with zero attached hydrogens (tertiary/aromatic N) is 2. The normalized spacial score (nSPS) is 15.5. The number of piperidine rings is 1. The van der Waals surface area contributed by atoms with Gasteiger partial charge in [0.1, 0.15) is 17.5 Å². The van der Waals surface area contributed by atoms with Crippen LogP contribution in [0.2, 0.25) is 0 Å². The van der Waals surface area contributed by atoms with Crippen LogP contribution in [0.3, 0.4) is 0 Å². The second-order valence-corrected chi connectivity index (χ2v) is 8.45. The van der Waals surface area contributed by atoms with Crippen LogP contribution in [0.25, 0.3) is 11.1 Å². The van der Waals surface area contributed by atoms with E-state index >= 15 is 0 Å². The van der Waals surface area contributed by atoms with Crippen LogP contribution in [0.15, 0.2) is 42.5 Å². The van der Waals surface area contributed by atoms with Gasteiger partial charge in [-0.2, -0.15) is 5.26 Å². The Morgan fingerprint density at radius 3 is 2.40 bits per heavy atom. The van der Waals surface area contributed by atoms with Crippen molar-refractivity contribution in [2.45, 2.75) is 32.4 Å². The third-order valence-electron chi connectivity index (χ3n) is 5.35. The minimum atomic E-state index is -1.18. The Bertz CT molecular complexity index is 921. The predicted octanol–water partition coefficient (Wildman–Crippen LogP) is 4.76. The summed E-state index contributed by atoms with van der Waals surface area (Å²) >= 11 is 0. The number of halogens is 1. The van der Waals surface area contributed by atoms with E-state index in [9.17, 15) is 14.4 Å². The van der Waals surface area contributed by atoms with Crippen molar-refractivity contribution in [3.05, 3.63) is 53.6 Å². The molecule has 0 spiro atoms. The van der Waals surface area contributed by atoms with Gasteiger partial charge in [0.05, 0.1) is 17.7 Å². The van der Waals surface area contributed by atoms with Crippen LogP contribution in [-0.4, -0.2) is 47.9 Å². The Kier molecular flexibility index (Phi) is 6.73. The zero-order valence-electron chi connectivity index (χ0n) is 17.4. The van der Waals surface area contributed by atoms with Crippen molar-refractivity contribution in [3.8, 4) is 22.9 Å². The number of likely N-dealkylation sites (tertiary alicyclic amines) is 1. The number of hydrogen-bond donors (Lipinski definition) is 1. The average Bonchev–Trinajstić information content (AvgIpc) is 2.72. The zero-order valence-corrected chi connectivity index (χ0v) is 17.4. The van der Waals surface area contributed by atoms with E-state index in [1.54, 1.807) is 50.2 Å². The molecule has 1 saturated heterocycles. The molecule has 0 saturated carbocycles. The Balaban J connectivity index is 1.60. The molecule has 0 unspecified atom stereocenters. The van der Waals surface area contributed by atoms with E-state index < -0.39 is 11.6 Å². The SMILES string of the molecule is CC(C)(F)CN1CCC(COc2ccc(-c3ccc(C(=O)O)cc3)cc2C#N)CC1. The minimum Gasteiger partial charge on any atom is -0.492 e. The molecule has 2 aromatic rings. The maximum atomic E-state index is 13.8. The zero-order chi connectivity index (χ0) is 21.7. The van der Waals surface area contributed by atoms with E-state index in [1.807, 2.05) is 6.07 Å². The number of carboxylic acids is 1. The molecule has 0 aliphatic carbocycles.